The van der Waals surface area contributed by atoms with Gasteiger partial charge in [0.2, 0.25) is 0 Å². The lowest BCUT2D eigenvalue weighted by atomic mass is 10.1. The minimum absolute atomic E-state index is 0.700. The molecule has 0 aromatic rings. The van der Waals surface area contributed by atoms with Crippen molar-refractivity contribution < 1.29 is 9.47 Å². The molecule has 0 aliphatic heterocycles. The molecule has 0 saturated carbocycles. The zero-order chi connectivity index (χ0) is 12.6. The number of nitrogens with one attached hydrogen (secondary N) is 1. The number of hydrogen-bond acceptors (Lipinski definition) is 3. The summed E-state index contributed by atoms with van der Waals surface area (Å²) in [5.41, 5.74) is 0. The first kappa shape index (κ1) is 16.9. The topological polar surface area (TPSA) is 30.5 Å². The highest BCUT2D eigenvalue weighted by atomic mass is 16.5. The Bertz CT molecular complexity index is 117. The molecule has 0 unspecified atom stereocenters. The second kappa shape index (κ2) is 15.9. The standard InChI is InChI=1S/C14H31NO2/c1-3-4-5-6-7-8-10-15-11-9-12-17-14-13-16-2/h15H,3-14H2,1-2H3. The van der Waals surface area contributed by atoms with E-state index in [-0.39, 0.29) is 0 Å². The fraction of sp³-hybridized carbons (Fsp3) is 1.00. The molecule has 104 valence electrons. The average Bonchev–Trinajstić information content (AvgIpc) is 2.35. The molecule has 0 aliphatic rings. The lowest BCUT2D eigenvalue weighted by molar-refractivity contribution is 0.0695. The molecule has 3 nitrogen and oxygen atoms in total. The van der Waals surface area contributed by atoms with Gasteiger partial charge in [0.15, 0.2) is 0 Å². The van der Waals surface area contributed by atoms with Gasteiger partial charge in [0.25, 0.3) is 0 Å². The predicted octanol–water partition coefficient (Wildman–Crippen LogP) is 2.99. The minimum atomic E-state index is 0.700. The molecule has 0 amide bonds. The number of unbranched alkanes of at least 4 members (excludes halogenated alkanes) is 5. The average molecular weight is 245 g/mol. The van der Waals surface area contributed by atoms with E-state index in [1.54, 1.807) is 7.11 Å². The summed E-state index contributed by atoms with van der Waals surface area (Å²) < 4.78 is 10.3. The fourth-order valence-electron chi connectivity index (χ4n) is 1.70. The molecule has 0 rings (SSSR count). The highest BCUT2D eigenvalue weighted by Gasteiger charge is 1.91. The van der Waals surface area contributed by atoms with Crippen LogP contribution in [0.5, 0.6) is 0 Å². The lowest BCUT2D eigenvalue weighted by Gasteiger charge is -2.05. The molecule has 0 heterocycles. The molecule has 0 saturated heterocycles. The summed E-state index contributed by atoms with van der Waals surface area (Å²) in [5, 5.41) is 3.46. The van der Waals surface area contributed by atoms with Crippen molar-refractivity contribution in [2.75, 3.05) is 40.0 Å². The van der Waals surface area contributed by atoms with Crippen LogP contribution >= 0.6 is 0 Å². The molecule has 0 spiro atoms. The molecule has 17 heavy (non-hydrogen) atoms. The van der Waals surface area contributed by atoms with Crippen LogP contribution in [0.4, 0.5) is 0 Å². The highest BCUT2D eigenvalue weighted by molar-refractivity contribution is 4.50. The van der Waals surface area contributed by atoms with Gasteiger partial charge in [-0.25, -0.2) is 0 Å². The second-order valence-corrected chi connectivity index (χ2v) is 4.48. The Labute approximate surface area is 107 Å². The third-order valence-electron chi connectivity index (χ3n) is 2.78. The smallest absolute Gasteiger partial charge is 0.0700 e. The zero-order valence-electron chi connectivity index (χ0n) is 11.8. The van der Waals surface area contributed by atoms with E-state index in [2.05, 4.69) is 12.2 Å². The third-order valence-corrected chi connectivity index (χ3v) is 2.78. The van der Waals surface area contributed by atoms with Crippen LogP contribution in [0.1, 0.15) is 51.9 Å². The van der Waals surface area contributed by atoms with Gasteiger partial charge in [0.05, 0.1) is 13.2 Å². The molecule has 0 atom stereocenters. The van der Waals surface area contributed by atoms with Gasteiger partial charge in [-0.05, 0) is 25.9 Å². The molecule has 0 bridgehead atoms. The van der Waals surface area contributed by atoms with E-state index >= 15 is 0 Å². The molecule has 0 aliphatic carbocycles. The predicted molar refractivity (Wildman–Crippen MR) is 73.6 cm³/mol. The Hall–Kier alpha value is -0.120. The van der Waals surface area contributed by atoms with E-state index in [1.807, 2.05) is 0 Å². The van der Waals surface area contributed by atoms with Crippen LogP contribution in [0.2, 0.25) is 0 Å². The van der Waals surface area contributed by atoms with Gasteiger partial charge in [-0.2, -0.15) is 0 Å². The van der Waals surface area contributed by atoms with E-state index in [0.29, 0.717) is 13.2 Å². The van der Waals surface area contributed by atoms with E-state index in [4.69, 9.17) is 9.47 Å². The quantitative estimate of drug-likeness (QED) is 0.477. The first-order chi connectivity index (χ1) is 8.41. The second-order valence-electron chi connectivity index (χ2n) is 4.48. The third kappa shape index (κ3) is 15.9. The molecule has 0 aromatic carbocycles. The molecular weight excluding hydrogens is 214 g/mol. The summed E-state index contributed by atoms with van der Waals surface area (Å²) in [7, 11) is 1.70. The Kier molecular flexibility index (Phi) is 15.8. The SMILES string of the molecule is CCCCCCCCNCCCOCCOC. The Morgan fingerprint density at radius 3 is 2.24 bits per heavy atom. The van der Waals surface area contributed by atoms with Crippen molar-refractivity contribution in [2.45, 2.75) is 51.9 Å². The maximum atomic E-state index is 5.38. The lowest BCUT2D eigenvalue weighted by Crippen LogP contribution is -2.18. The maximum Gasteiger partial charge on any atom is 0.0700 e. The monoisotopic (exact) mass is 245 g/mol. The highest BCUT2D eigenvalue weighted by Crippen LogP contribution is 2.03. The van der Waals surface area contributed by atoms with Crippen LogP contribution in [-0.2, 0) is 9.47 Å². The van der Waals surface area contributed by atoms with Crippen LogP contribution < -0.4 is 5.32 Å². The summed E-state index contributed by atoms with van der Waals surface area (Å²) in [5.74, 6) is 0. The molecule has 0 radical (unpaired) electrons. The summed E-state index contributed by atoms with van der Waals surface area (Å²) in [6.07, 6.45) is 9.32. The number of hydrogen-bond donors (Lipinski definition) is 1. The van der Waals surface area contributed by atoms with Gasteiger partial charge in [-0.1, -0.05) is 39.0 Å². The van der Waals surface area contributed by atoms with Crippen LogP contribution in [0.3, 0.4) is 0 Å². The summed E-state index contributed by atoms with van der Waals surface area (Å²) in [6, 6.07) is 0. The van der Waals surface area contributed by atoms with Gasteiger partial charge in [-0.15, -0.1) is 0 Å². The molecule has 0 aromatic heterocycles. The molecule has 1 N–H and O–H groups in total. The number of rotatable bonds is 14. The summed E-state index contributed by atoms with van der Waals surface area (Å²) in [6.45, 7) is 6.74. The Balaban J connectivity index is 2.85. The van der Waals surface area contributed by atoms with Gasteiger partial charge < -0.3 is 14.8 Å². The van der Waals surface area contributed by atoms with Crippen molar-refractivity contribution in [1.29, 1.82) is 0 Å². The Morgan fingerprint density at radius 1 is 0.765 bits per heavy atom. The minimum Gasteiger partial charge on any atom is -0.382 e. The van der Waals surface area contributed by atoms with Crippen molar-refractivity contribution in [3.8, 4) is 0 Å². The summed E-state index contributed by atoms with van der Waals surface area (Å²) in [4.78, 5) is 0. The van der Waals surface area contributed by atoms with Crippen LogP contribution in [-0.4, -0.2) is 40.0 Å². The maximum absolute atomic E-state index is 5.38. The van der Waals surface area contributed by atoms with Gasteiger partial charge in [0, 0.05) is 13.7 Å². The van der Waals surface area contributed by atoms with Crippen molar-refractivity contribution in [2.24, 2.45) is 0 Å². The first-order valence-corrected chi connectivity index (χ1v) is 7.19. The normalized spacial score (nSPS) is 10.9. The largest absolute Gasteiger partial charge is 0.382 e. The fourth-order valence-corrected chi connectivity index (χ4v) is 1.70. The first-order valence-electron chi connectivity index (χ1n) is 7.19. The molecular formula is C14H31NO2. The van der Waals surface area contributed by atoms with Gasteiger partial charge >= 0.3 is 0 Å². The molecule has 3 heteroatoms. The van der Waals surface area contributed by atoms with Crippen molar-refractivity contribution >= 4 is 0 Å². The van der Waals surface area contributed by atoms with Crippen molar-refractivity contribution in [3.63, 3.8) is 0 Å². The van der Waals surface area contributed by atoms with Crippen LogP contribution in [0.15, 0.2) is 0 Å². The summed E-state index contributed by atoms with van der Waals surface area (Å²) >= 11 is 0. The zero-order valence-corrected chi connectivity index (χ0v) is 11.8. The van der Waals surface area contributed by atoms with Crippen molar-refractivity contribution in [3.05, 3.63) is 0 Å². The number of methoxy groups -OCH3 is 1. The van der Waals surface area contributed by atoms with Crippen molar-refractivity contribution in [1.82, 2.24) is 5.32 Å². The Morgan fingerprint density at radius 2 is 1.47 bits per heavy atom. The van der Waals surface area contributed by atoms with E-state index < -0.39 is 0 Å². The number of ether oxygens (including phenoxy) is 2. The van der Waals surface area contributed by atoms with E-state index in [9.17, 15) is 0 Å². The van der Waals surface area contributed by atoms with E-state index in [1.165, 1.54) is 38.5 Å². The van der Waals surface area contributed by atoms with Crippen LogP contribution in [0, 0.1) is 0 Å². The van der Waals surface area contributed by atoms with Gasteiger partial charge in [-0.3, -0.25) is 0 Å². The molecule has 0 fully saturated rings. The van der Waals surface area contributed by atoms with E-state index in [0.717, 1.165) is 26.1 Å². The van der Waals surface area contributed by atoms with Crippen LogP contribution in [0.25, 0.3) is 0 Å². The van der Waals surface area contributed by atoms with Gasteiger partial charge in [0.1, 0.15) is 0 Å².